The first kappa shape index (κ1) is 24.1. The summed E-state index contributed by atoms with van der Waals surface area (Å²) in [7, 11) is 0. The van der Waals surface area contributed by atoms with Gasteiger partial charge in [0, 0.05) is 18.7 Å². The number of hydrogen-bond acceptors (Lipinski definition) is 4. The molecule has 1 heterocycles. The van der Waals surface area contributed by atoms with Crippen LogP contribution in [0.4, 0.5) is 4.39 Å². The van der Waals surface area contributed by atoms with Crippen molar-refractivity contribution in [2.75, 3.05) is 19.7 Å². The van der Waals surface area contributed by atoms with Gasteiger partial charge in [-0.2, -0.15) is 0 Å². The molecule has 0 radical (unpaired) electrons. The van der Waals surface area contributed by atoms with Crippen LogP contribution in [0.15, 0.2) is 48.5 Å². The van der Waals surface area contributed by atoms with Gasteiger partial charge < -0.3 is 14.9 Å². The van der Waals surface area contributed by atoms with E-state index in [4.69, 9.17) is 9.84 Å². The van der Waals surface area contributed by atoms with Gasteiger partial charge in [0.05, 0.1) is 18.8 Å². The number of carboxylic acid groups (broad SMARTS) is 1. The number of aliphatic carboxylic acids is 1. The number of aryl methyl sites for hydroxylation is 1. The predicted octanol–water partition coefficient (Wildman–Crippen LogP) is 4.38. The molecule has 2 aromatic carbocycles. The fraction of sp³-hybridized carbons (Fsp3) is 0.423. The van der Waals surface area contributed by atoms with Gasteiger partial charge >= 0.3 is 5.97 Å². The molecule has 5 nitrogen and oxygen atoms in total. The molecule has 0 saturated carbocycles. The number of carbonyl (C=O) groups is 1. The third-order valence-electron chi connectivity index (χ3n) is 6.03. The van der Waals surface area contributed by atoms with Gasteiger partial charge in [0.2, 0.25) is 0 Å². The second-order valence-electron chi connectivity index (χ2n) is 8.51. The number of ether oxygens (including phenoxy) is 1. The number of likely N-dealkylation sites (tertiary alicyclic amines) is 1. The highest BCUT2D eigenvalue weighted by Crippen LogP contribution is 2.24. The zero-order chi connectivity index (χ0) is 23.1. The second-order valence-corrected chi connectivity index (χ2v) is 8.51. The quantitative estimate of drug-likeness (QED) is 0.536. The van der Waals surface area contributed by atoms with Crippen molar-refractivity contribution in [2.45, 2.75) is 51.4 Å². The minimum Gasteiger partial charge on any atom is -0.478 e. The smallest absolute Gasteiger partial charge is 0.328 e. The second kappa shape index (κ2) is 11.4. The summed E-state index contributed by atoms with van der Waals surface area (Å²) in [6.45, 7) is 5.26. The Morgan fingerprint density at radius 3 is 2.84 bits per heavy atom. The lowest BCUT2D eigenvalue weighted by molar-refractivity contribution is -0.131. The largest absolute Gasteiger partial charge is 0.478 e. The number of benzene rings is 2. The van der Waals surface area contributed by atoms with E-state index in [1.165, 1.54) is 0 Å². The van der Waals surface area contributed by atoms with E-state index in [9.17, 15) is 14.3 Å². The maximum absolute atomic E-state index is 13.9. The van der Waals surface area contributed by atoms with Crippen LogP contribution in [0.2, 0.25) is 0 Å². The average molecular weight is 442 g/mol. The summed E-state index contributed by atoms with van der Waals surface area (Å²) in [6, 6.07) is 13.2. The number of nitrogens with zero attached hydrogens (tertiary/aromatic N) is 1. The monoisotopic (exact) mass is 441 g/mol. The molecule has 1 fully saturated rings. The van der Waals surface area contributed by atoms with Crippen LogP contribution in [-0.2, 0) is 16.0 Å². The summed E-state index contributed by atoms with van der Waals surface area (Å²) in [5, 5.41) is 19.5. The minimum atomic E-state index is -1.00. The molecule has 0 unspecified atom stereocenters. The number of β-amino-alcohol motifs (C(OH)–C–C–N with tert-alkyl or cyclic N) is 1. The van der Waals surface area contributed by atoms with Crippen molar-refractivity contribution in [2.24, 2.45) is 0 Å². The number of aliphatic hydroxyl groups excluding tert-OH is 1. The van der Waals surface area contributed by atoms with Crippen LogP contribution in [0.3, 0.4) is 0 Å². The van der Waals surface area contributed by atoms with Crippen molar-refractivity contribution >= 4 is 12.0 Å². The molecule has 0 aliphatic carbocycles. The molecule has 172 valence electrons. The Morgan fingerprint density at radius 2 is 2.09 bits per heavy atom. The summed E-state index contributed by atoms with van der Waals surface area (Å²) in [4.78, 5) is 13.1. The highest BCUT2D eigenvalue weighted by molar-refractivity contribution is 5.85. The third-order valence-corrected chi connectivity index (χ3v) is 6.03. The lowest BCUT2D eigenvalue weighted by Gasteiger charge is -2.27. The highest BCUT2D eigenvalue weighted by Gasteiger charge is 2.27. The number of halogens is 1. The van der Waals surface area contributed by atoms with Crippen molar-refractivity contribution in [3.8, 4) is 0 Å². The van der Waals surface area contributed by atoms with Crippen LogP contribution in [0.1, 0.15) is 48.1 Å². The third kappa shape index (κ3) is 6.73. The van der Waals surface area contributed by atoms with E-state index in [1.807, 2.05) is 43.3 Å². The molecule has 0 amide bonds. The van der Waals surface area contributed by atoms with Gasteiger partial charge in [-0.05, 0) is 74.1 Å². The SMILES string of the molecule is Cc1ccc(C[C@@H]2CCCN2C[C@@H](O)CO[C@H](C)c2ccccc2C=CC(=O)O)cc1F. The first-order chi connectivity index (χ1) is 15.3. The molecule has 3 atom stereocenters. The highest BCUT2D eigenvalue weighted by atomic mass is 19.1. The number of carboxylic acids is 1. The summed E-state index contributed by atoms with van der Waals surface area (Å²) in [5.41, 5.74) is 3.29. The van der Waals surface area contributed by atoms with E-state index in [0.29, 0.717) is 12.1 Å². The Labute approximate surface area is 189 Å². The maximum Gasteiger partial charge on any atom is 0.328 e. The van der Waals surface area contributed by atoms with Crippen molar-refractivity contribution in [1.29, 1.82) is 0 Å². The Hall–Kier alpha value is -2.54. The standard InChI is InChI=1S/C26H32FNO4/c1-18-9-10-20(15-25(18)27)14-22-7-5-13-28(22)16-23(29)17-32-19(2)24-8-4-3-6-21(24)11-12-26(30)31/h3-4,6,8-12,15,19,22-23,29H,5,7,13-14,16-17H2,1-2H3,(H,30,31)/t19-,22+,23-/m1/s1. The average Bonchev–Trinajstić information content (AvgIpc) is 3.19. The van der Waals surface area contributed by atoms with E-state index in [1.54, 1.807) is 19.1 Å². The van der Waals surface area contributed by atoms with Crippen LogP contribution in [0, 0.1) is 12.7 Å². The molecule has 2 N–H and O–H groups in total. The van der Waals surface area contributed by atoms with E-state index in [2.05, 4.69) is 4.90 Å². The van der Waals surface area contributed by atoms with E-state index >= 15 is 0 Å². The topological polar surface area (TPSA) is 70.0 Å². The minimum absolute atomic E-state index is 0.173. The number of aliphatic hydroxyl groups is 1. The van der Waals surface area contributed by atoms with Gasteiger partial charge in [-0.25, -0.2) is 9.18 Å². The fourth-order valence-electron chi connectivity index (χ4n) is 4.26. The summed E-state index contributed by atoms with van der Waals surface area (Å²) < 4.78 is 19.8. The van der Waals surface area contributed by atoms with Crippen molar-refractivity contribution in [3.63, 3.8) is 0 Å². The molecule has 1 aliphatic heterocycles. The Morgan fingerprint density at radius 1 is 1.31 bits per heavy atom. The van der Waals surface area contributed by atoms with Gasteiger partial charge in [0.1, 0.15) is 5.82 Å². The van der Waals surface area contributed by atoms with Crippen molar-refractivity contribution in [1.82, 2.24) is 4.90 Å². The molecular formula is C26H32FNO4. The Balaban J connectivity index is 1.53. The van der Waals surface area contributed by atoms with E-state index in [0.717, 1.165) is 48.6 Å². The zero-order valence-electron chi connectivity index (χ0n) is 18.7. The fourth-order valence-corrected chi connectivity index (χ4v) is 4.26. The van der Waals surface area contributed by atoms with Crippen LogP contribution >= 0.6 is 0 Å². The molecule has 1 aliphatic rings. The zero-order valence-corrected chi connectivity index (χ0v) is 18.7. The molecule has 0 spiro atoms. The molecule has 32 heavy (non-hydrogen) atoms. The number of hydrogen-bond donors (Lipinski definition) is 2. The van der Waals surface area contributed by atoms with Crippen molar-refractivity contribution in [3.05, 3.63) is 76.6 Å². The van der Waals surface area contributed by atoms with Gasteiger partial charge in [0.15, 0.2) is 0 Å². The van der Waals surface area contributed by atoms with Gasteiger partial charge in [-0.1, -0.05) is 36.4 Å². The first-order valence-electron chi connectivity index (χ1n) is 11.1. The predicted molar refractivity (Wildman–Crippen MR) is 123 cm³/mol. The van der Waals surface area contributed by atoms with Crippen LogP contribution in [0.5, 0.6) is 0 Å². The molecule has 0 aromatic heterocycles. The van der Waals surface area contributed by atoms with Crippen LogP contribution in [0.25, 0.3) is 6.08 Å². The van der Waals surface area contributed by atoms with E-state index < -0.39 is 12.1 Å². The molecule has 1 saturated heterocycles. The summed E-state index contributed by atoms with van der Waals surface area (Å²) in [5.74, 6) is -1.18. The Kier molecular flexibility index (Phi) is 8.56. The van der Waals surface area contributed by atoms with E-state index in [-0.39, 0.29) is 24.6 Å². The summed E-state index contributed by atoms with van der Waals surface area (Å²) in [6.07, 6.45) is 4.59. The molecule has 3 rings (SSSR count). The molecular weight excluding hydrogens is 409 g/mol. The van der Waals surface area contributed by atoms with Crippen molar-refractivity contribution < 1.29 is 24.1 Å². The van der Waals surface area contributed by atoms with Crippen LogP contribution < -0.4 is 0 Å². The molecule has 0 bridgehead atoms. The van der Waals surface area contributed by atoms with Gasteiger partial charge in [0.25, 0.3) is 0 Å². The summed E-state index contributed by atoms with van der Waals surface area (Å²) >= 11 is 0. The normalized spacial score (nSPS) is 18.8. The van der Waals surface area contributed by atoms with Gasteiger partial charge in [-0.15, -0.1) is 0 Å². The molecule has 2 aromatic rings. The lowest BCUT2D eigenvalue weighted by Crippen LogP contribution is -2.39. The first-order valence-corrected chi connectivity index (χ1v) is 11.1. The van der Waals surface area contributed by atoms with Gasteiger partial charge in [-0.3, -0.25) is 4.90 Å². The lowest BCUT2D eigenvalue weighted by atomic mass is 10.0. The number of rotatable bonds is 10. The Bertz CT molecular complexity index is 945. The van der Waals surface area contributed by atoms with Crippen LogP contribution in [-0.4, -0.2) is 52.9 Å². The maximum atomic E-state index is 13.9. The molecule has 6 heteroatoms.